The van der Waals surface area contributed by atoms with Gasteiger partial charge in [-0.3, -0.25) is 19.3 Å². The molecule has 2 atom stereocenters. The van der Waals surface area contributed by atoms with Gasteiger partial charge in [-0.05, 0) is 36.6 Å². The van der Waals surface area contributed by atoms with Crippen molar-refractivity contribution >= 4 is 32.5 Å². The van der Waals surface area contributed by atoms with Gasteiger partial charge in [0.1, 0.15) is 0 Å². The highest BCUT2D eigenvalue weighted by Crippen LogP contribution is 2.27. The van der Waals surface area contributed by atoms with Crippen LogP contribution in [0.25, 0.3) is 15.7 Å². The maximum Gasteiger partial charge on any atom is 0.300 e. The number of hydrogen-bond donors (Lipinski definition) is 2. The van der Waals surface area contributed by atoms with E-state index in [-0.39, 0.29) is 18.0 Å². The molecule has 3 rings (SSSR count). The molecule has 0 bridgehead atoms. The number of nitrogens with one attached hydrogen (secondary N) is 2. The van der Waals surface area contributed by atoms with E-state index in [0.29, 0.717) is 18.7 Å². The number of amides is 1. The molecule has 2 aromatic rings. The number of hydrogen-bond acceptors (Lipinski definition) is 3. The summed E-state index contributed by atoms with van der Waals surface area (Å²) in [7, 11) is -3.35. The Kier molecular flexibility index (Phi) is 4.92. The number of carbonyl (C=O) groups excluding carboxylic acids is 1. The number of carbonyl (C=O) groups is 1. The monoisotopic (exact) mass is 374 g/mol. The van der Waals surface area contributed by atoms with Gasteiger partial charge in [0.05, 0.1) is 6.26 Å². The molecule has 1 aliphatic rings. The van der Waals surface area contributed by atoms with Crippen molar-refractivity contribution in [3.05, 3.63) is 41.4 Å². The van der Waals surface area contributed by atoms with Crippen LogP contribution >= 0.6 is 0 Å². The molecule has 1 amide bonds. The normalized spacial score (nSPS) is 18.7. The number of fused-ring (bicyclic) bond motifs is 1. The van der Waals surface area contributed by atoms with Gasteiger partial charge in [-0.1, -0.05) is 6.92 Å². The molecule has 0 spiro atoms. The molecule has 26 heavy (non-hydrogen) atoms. The first-order chi connectivity index (χ1) is 12.3. The molecule has 1 aromatic carbocycles. The zero-order valence-electron chi connectivity index (χ0n) is 14.8. The lowest BCUT2D eigenvalue weighted by Crippen LogP contribution is -2.38. The van der Waals surface area contributed by atoms with E-state index in [1.165, 1.54) is 0 Å². The predicted molar refractivity (Wildman–Crippen MR) is 101 cm³/mol. The number of rotatable bonds is 5. The Labute approximate surface area is 153 Å². The molecule has 0 aliphatic carbocycles. The Morgan fingerprint density at radius 1 is 1.50 bits per heavy atom. The van der Waals surface area contributed by atoms with Crippen LogP contribution in [0, 0.1) is 12.5 Å². The standard InChI is InChI=1S/C18H22N4O3S/c1-12(18(23)22-8-4-5-17(22)19-2)9-13-11-20-16-7-6-14(10-15(13)16)21-26(3,24)25/h6-7,10-12,17,20-21H,4-5,8-9H2,1,3H3/t12?,17-/m0/s1. The summed E-state index contributed by atoms with van der Waals surface area (Å²) in [5.74, 6) is -0.244. The predicted octanol–water partition coefficient (Wildman–Crippen LogP) is 2.59. The average molecular weight is 374 g/mol. The van der Waals surface area contributed by atoms with Gasteiger partial charge in [0.2, 0.25) is 15.9 Å². The third-order valence-electron chi connectivity index (χ3n) is 4.67. The fourth-order valence-electron chi connectivity index (χ4n) is 3.47. The number of likely N-dealkylation sites (tertiary alicyclic amines) is 1. The average Bonchev–Trinajstić information content (AvgIpc) is 3.19. The van der Waals surface area contributed by atoms with Gasteiger partial charge in [-0.15, -0.1) is 0 Å². The first kappa shape index (κ1) is 18.3. The van der Waals surface area contributed by atoms with Gasteiger partial charge in [-0.2, -0.15) is 0 Å². The second-order valence-electron chi connectivity index (χ2n) is 6.84. The number of sulfonamides is 1. The van der Waals surface area contributed by atoms with E-state index in [1.54, 1.807) is 17.0 Å². The molecule has 0 saturated carbocycles. The highest BCUT2D eigenvalue weighted by atomic mass is 32.2. The maximum atomic E-state index is 12.7. The van der Waals surface area contributed by atoms with Crippen molar-refractivity contribution in [3.63, 3.8) is 0 Å². The van der Waals surface area contributed by atoms with Crippen LogP contribution < -0.4 is 4.72 Å². The zero-order chi connectivity index (χ0) is 18.9. The van der Waals surface area contributed by atoms with Crippen molar-refractivity contribution in [2.45, 2.75) is 32.4 Å². The summed E-state index contributed by atoms with van der Waals surface area (Å²) in [6.45, 7) is 9.75. The van der Waals surface area contributed by atoms with Crippen molar-refractivity contribution < 1.29 is 13.2 Å². The molecule has 138 valence electrons. The Hall–Kier alpha value is -2.53. The molecule has 1 aliphatic heterocycles. The van der Waals surface area contributed by atoms with Gasteiger partial charge in [-0.25, -0.2) is 15.0 Å². The summed E-state index contributed by atoms with van der Waals surface area (Å²) < 4.78 is 25.4. The summed E-state index contributed by atoms with van der Waals surface area (Å²) >= 11 is 0. The SMILES string of the molecule is [C-]#[N+][C@@H]1CCCN1C(=O)C(C)Cc1c[nH]c2ccc(NS(C)(=O)=O)cc12. The van der Waals surface area contributed by atoms with Gasteiger partial charge >= 0.3 is 6.17 Å². The van der Waals surface area contributed by atoms with Gasteiger partial charge in [0.25, 0.3) is 0 Å². The summed E-state index contributed by atoms with van der Waals surface area (Å²) in [6, 6.07) is 5.29. The number of aromatic amines is 1. The van der Waals surface area contributed by atoms with E-state index in [2.05, 4.69) is 14.6 Å². The lowest BCUT2D eigenvalue weighted by molar-refractivity contribution is -0.135. The fourth-order valence-corrected chi connectivity index (χ4v) is 4.02. The van der Waals surface area contributed by atoms with E-state index < -0.39 is 10.0 Å². The molecule has 0 radical (unpaired) electrons. The Bertz CT molecular complexity index is 974. The lowest BCUT2D eigenvalue weighted by Gasteiger charge is -2.20. The fraction of sp³-hybridized carbons (Fsp3) is 0.444. The largest absolute Gasteiger partial charge is 0.361 e. The van der Waals surface area contributed by atoms with E-state index in [4.69, 9.17) is 6.57 Å². The van der Waals surface area contributed by atoms with Crippen LogP contribution in [0.5, 0.6) is 0 Å². The topological polar surface area (TPSA) is 86.6 Å². The molecule has 1 aromatic heterocycles. The van der Waals surface area contributed by atoms with Crippen LogP contribution in [-0.4, -0.2) is 43.2 Å². The van der Waals surface area contributed by atoms with Crippen molar-refractivity contribution in [1.29, 1.82) is 0 Å². The second kappa shape index (κ2) is 7.00. The van der Waals surface area contributed by atoms with Crippen LogP contribution in [0.3, 0.4) is 0 Å². The van der Waals surface area contributed by atoms with Gasteiger partial charge < -0.3 is 4.98 Å². The summed E-state index contributed by atoms with van der Waals surface area (Å²) in [4.78, 5) is 21.1. The van der Waals surface area contributed by atoms with E-state index in [1.807, 2.05) is 19.2 Å². The van der Waals surface area contributed by atoms with Gasteiger partial charge in [0, 0.05) is 41.7 Å². The van der Waals surface area contributed by atoms with Crippen LogP contribution in [0.1, 0.15) is 25.3 Å². The van der Waals surface area contributed by atoms with Crippen molar-refractivity contribution in [2.75, 3.05) is 17.5 Å². The van der Waals surface area contributed by atoms with E-state index >= 15 is 0 Å². The Morgan fingerprint density at radius 3 is 2.96 bits per heavy atom. The van der Waals surface area contributed by atoms with E-state index in [9.17, 15) is 13.2 Å². The molecular weight excluding hydrogens is 352 g/mol. The molecular formula is C18H22N4O3S. The smallest absolute Gasteiger partial charge is 0.300 e. The third-order valence-corrected chi connectivity index (χ3v) is 5.28. The minimum absolute atomic E-state index is 0.00302. The highest BCUT2D eigenvalue weighted by molar-refractivity contribution is 7.92. The minimum atomic E-state index is -3.35. The molecule has 1 fully saturated rings. The van der Waals surface area contributed by atoms with Crippen molar-refractivity contribution in [2.24, 2.45) is 5.92 Å². The Balaban J connectivity index is 1.81. The molecule has 2 N–H and O–H groups in total. The van der Waals surface area contributed by atoms with Crippen LogP contribution in [0.15, 0.2) is 24.4 Å². The van der Waals surface area contributed by atoms with Crippen LogP contribution in [0.2, 0.25) is 0 Å². The summed E-state index contributed by atoms with van der Waals surface area (Å²) in [5, 5.41) is 0.890. The van der Waals surface area contributed by atoms with Gasteiger partial charge in [0.15, 0.2) is 0 Å². The quantitative estimate of drug-likeness (QED) is 0.789. The number of H-pyrrole nitrogens is 1. The first-order valence-corrected chi connectivity index (χ1v) is 10.4. The molecule has 2 heterocycles. The van der Waals surface area contributed by atoms with Crippen molar-refractivity contribution in [1.82, 2.24) is 9.88 Å². The number of aromatic nitrogens is 1. The third kappa shape index (κ3) is 3.83. The molecule has 1 unspecified atom stereocenters. The Morgan fingerprint density at radius 2 is 2.27 bits per heavy atom. The van der Waals surface area contributed by atoms with Crippen LogP contribution in [0.4, 0.5) is 5.69 Å². The minimum Gasteiger partial charge on any atom is -0.361 e. The number of nitrogens with zero attached hydrogens (tertiary/aromatic N) is 2. The molecule has 1 saturated heterocycles. The van der Waals surface area contributed by atoms with Crippen LogP contribution in [-0.2, 0) is 21.2 Å². The molecule has 8 heteroatoms. The molecule has 7 nitrogen and oxygen atoms in total. The summed E-state index contributed by atoms with van der Waals surface area (Å²) in [6.07, 6.45) is 4.78. The maximum absolute atomic E-state index is 12.7. The summed E-state index contributed by atoms with van der Waals surface area (Å²) in [5.41, 5.74) is 2.34. The lowest BCUT2D eigenvalue weighted by atomic mass is 9.99. The zero-order valence-corrected chi connectivity index (χ0v) is 15.6. The number of anilines is 1. The first-order valence-electron chi connectivity index (χ1n) is 8.53. The second-order valence-corrected chi connectivity index (χ2v) is 8.59. The van der Waals surface area contributed by atoms with Crippen molar-refractivity contribution in [3.8, 4) is 0 Å². The number of benzene rings is 1. The van der Waals surface area contributed by atoms with E-state index in [0.717, 1.165) is 35.6 Å². The highest BCUT2D eigenvalue weighted by Gasteiger charge is 2.35.